The minimum absolute atomic E-state index is 0.0100. The molecule has 0 aliphatic rings. The highest BCUT2D eigenvalue weighted by Crippen LogP contribution is 2.26. The van der Waals surface area contributed by atoms with Crippen LogP contribution in [0.1, 0.15) is 37.6 Å². The quantitative estimate of drug-likeness (QED) is 0.775. The van der Waals surface area contributed by atoms with Crippen molar-refractivity contribution in [2.45, 2.75) is 33.2 Å². The van der Waals surface area contributed by atoms with E-state index in [0.717, 1.165) is 0 Å². The molecule has 106 valence electrons. The Labute approximate surface area is 117 Å². The van der Waals surface area contributed by atoms with Crippen LogP contribution in [0, 0.1) is 5.41 Å². The van der Waals surface area contributed by atoms with E-state index in [1.807, 2.05) is 20.8 Å². The van der Waals surface area contributed by atoms with Crippen LogP contribution in [0.5, 0.6) is 0 Å². The number of halogens is 1. The first-order valence-corrected chi connectivity index (χ1v) is 6.39. The second kappa shape index (κ2) is 6.21. The minimum Gasteiger partial charge on any atom is -0.478 e. The van der Waals surface area contributed by atoms with E-state index in [1.54, 1.807) is 0 Å². The van der Waals surface area contributed by atoms with Gasteiger partial charge in [0.2, 0.25) is 0 Å². The van der Waals surface area contributed by atoms with Crippen molar-refractivity contribution in [3.8, 4) is 0 Å². The van der Waals surface area contributed by atoms with Crippen molar-refractivity contribution in [2.75, 3.05) is 11.9 Å². The van der Waals surface area contributed by atoms with Gasteiger partial charge in [-0.1, -0.05) is 32.4 Å². The number of hydrogen-bond acceptors (Lipinski definition) is 4. The predicted octanol–water partition coefficient (Wildman–Crippen LogP) is 2.64. The number of carboxylic acids is 1. The van der Waals surface area contributed by atoms with Gasteiger partial charge in [0, 0.05) is 18.8 Å². The lowest BCUT2D eigenvalue weighted by atomic mass is 9.85. The van der Waals surface area contributed by atoms with E-state index in [0.29, 0.717) is 12.2 Å². The molecule has 0 spiro atoms. The zero-order valence-electron chi connectivity index (χ0n) is 11.3. The van der Waals surface area contributed by atoms with Gasteiger partial charge in [-0.25, -0.2) is 9.78 Å². The molecular weight excluding hydrogens is 268 g/mol. The van der Waals surface area contributed by atoms with Crippen LogP contribution in [0.4, 0.5) is 5.82 Å². The molecule has 0 aliphatic carbocycles. The highest BCUT2D eigenvalue weighted by atomic mass is 35.5. The minimum atomic E-state index is -1.09. The van der Waals surface area contributed by atoms with Crippen molar-refractivity contribution >= 4 is 23.4 Å². The third kappa shape index (κ3) is 4.36. The molecule has 0 amide bonds. The molecule has 3 N–H and O–H groups in total. The Bertz CT molecular complexity index is 458. The molecule has 0 aromatic carbocycles. The number of aliphatic hydroxyl groups is 1. The first-order valence-electron chi connectivity index (χ1n) is 6.02. The number of rotatable bonds is 5. The summed E-state index contributed by atoms with van der Waals surface area (Å²) < 4.78 is 0. The van der Waals surface area contributed by atoms with Crippen molar-refractivity contribution in [1.82, 2.24) is 4.98 Å². The molecule has 0 bridgehead atoms. The van der Waals surface area contributed by atoms with Crippen LogP contribution >= 0.6 is 11.6 Å². The van der Waals surface area contributed by atoms with Crippen molar-refractivity contribution in [1.29, 1.82) is 0 Å². The Balaban J connectivity index is 2.97. The summed E-state index contributed by atoms with van der Waals surface area (Å²) in [6.45, 7) is 6.16. The van der Waals surface area contributed by atoms with Crippen LogP contribution in [-0.4, -0.2) is 33.8 Å². The number of nitrogens with zero attached hydrogens (tertiary/aromatic N) is 1. The summed E-state index contributed by atoms with van der Waals surface area (Å²) in [5.41, 5.74) is -0.0798. The number of nitrogens with one attached hydrogen (secondary N) is 1. The average Bonchev–Trinajstić information content (AvgIpc) is 2.29. The lowest BCUT2D eigenvalue weighted by Crippen LogP contribution is -2.35. The summed E-state index contributed by atoms with van der Waals surface area (Å²) in [5.74, 6) is -0.653. The van der Waals surface area contributed by atoms with Gasteiger partial charge in [0.05, 0.1) is 10.6 Å². The Morgan fingerprint density at radius 3 is 2.63 bits per heavy atom. The molecular formula is C13H19ClN2O3. The molecule has 1 heterocycles. The zero-order valence-corrected chi connectivity index (χ0v) is 12.0. The molecule has 0 aliphatic heterocycles. The summed E-state index contributed by atoms with van der Waals surface area (Å²) >= 11 is 5.77. The fourth-order valence-corrected chi connectivity index (χ4v) is 1.89. The summed E-state index contributed by atoms with van der Waals surface area (Å²) in [7, 11) is 0. The number of anilines is 1. The monoisotopic (exact) mass is 286 g/mol. The molecule has 0 saturated heterocycles. The first kappa shape index (κ1) is 15.7. The van der Waals surface area contributed by atoms with E-state index in [4.69, 9.17) is 21.8 Å². The SMILES string of the molecule is CC(C)(C)C(CCO)Nc1cc(C(=O)O)c(Cl)cn1. The predicted molar refractivity (Wildman–Crippen MR) is 74.8 cm³/mol. The van der Waals surface area contributed by atoms with Crippen molar-refractivity contribution in [3.63, 3.8) is 0 Å². The number of pyridine rings is 1. The lowest BCUT2D eigenvalue weighted by Gasteiger charge is -2.31. The van der Waals surface area contributed by atoms with Crippen molar-refractivity contribution in [2.24, 2.45) is 5.41 Å². The van der Waals surface area contributed by atoms with E-state index >= 15 is 0 Å². The smallest absolute Gasteiger partial charge is 0.337 e. The third-order valence-electron chi connectivity index (χ3n) is 2.87. The van der Waals surface area contributed by atoms with E-state index in [9.17, 15) is 4.79 Å². The second-order valence-corrected chi connectivity index (χ2v) is 5.84. The van der Waals surface area contributed by atoms with Gasteiger partial charge >= 0.3 is 5.97 Å². The molecule has 1 aromatic rings. The summed E-state index contributed by atoms with van der Waals surface area (Å²) in [4.78, 5) is 15.1. The van der Waals surface area contributed by atoms with Gasteiger partial charge in [-0.3, -0.25) is 0 Å². The van der Waals surface area contributed by atoms with Gasteiger partial charge in [-0.05, 0) is 17.9 Å². The van der Waals surface area contributed by atoms with Crippen LogP contribution in [-0.2, 0) is 0 Å². The molecule has 0 saturated carbocycles. The molecule has 0 radical (unpaired) electrons. The maximum absolute atomic E-state index is 11.0. The van der Waals surface area contributed by atoms with Crippen LogP contribution in [0.2, 0.25) is 5.02 Å². The van der Waals surface area contributed by atoms with E-state index in [-0.39, 0.29) is 28.6 Å². The maximum atomic E-state index is 11.0. The molecule has 6 heteroatoms. The number of aliphatic hydroxyl groups excluding tert-OH is 1. The van der Waals surface area contributed by atoms with Gasteiger partial charge in [0.15, 0.2) is 0 Å². The van der Waals surface area contributed by atoms with Crippen LogP contribution in [0.15, 0.2) is 12.3 Å². The highest BCUT2D eigenvalue weighted by Gasteiger charge is 2.24. The molecule has 1 aromatic heterocycles. The molecule has 5 nitrogen and oxygen atoms in total. The Kier molecular flexibility index (Phi) is 5.14. The number of carboxylic acid groups (broad SMARTS) is 1. The average molecular weight is 287 g/mol. The summed E-state index contributed by atoms with van der Waals surface area (Å²) in [6, 6.07) is 1.38. The summed E-state index contributed by atoms with van der Waals surface area (Å²) in [6.07, 6.45) is 1.86. The first-order chi connectivity index (χ1) is 8.75. The molecule has 1 unspecified atom stereocenters. The number of hydrogen-bond donors (Lipinski definition) is 3. The lowest BCUT2D eigenvalue weighted by molar-refractivity contribution is 0.0697. The number of carbonyl (C=O) groups is 1. The fraction of sp³-hybridized carbons (Fsp3) is 0.538. The van der Waals surface area contributed by atoms with E-state index in [1.165, 1.54) is 12.3 Å². The van der Waals surface area contributed by atoms with E-state index < -0.39 is 5.97 Å². The molecule has 19 heavy (non-hydrogen) atoms. The van der Waals surface area contributed by atoms with Gasteiger partial charge in [0.1, 0.15) is 5.82 Å². The zero-order chi connectivity index (χ0) is 14.6. The molecule has 1 rings (SSSR count). The Hall–Kier alpha value is -1.33. The highest BCUT2D eigenvalue weighted by molar-refractivity contribution is 6.33. The fourth-order valence-electron chi connectivity index (χ4n) is 1.71. The van der Waals surface area contributed by atoms with Gasteiger partial charge in [-0.15, -0.1) is 0 Å². The van der Waals surface area contributed by atoms with Crippen molar-refractivity contribution < 1.29 is 15.0 Å². The largest absolute Gasteiger partial charge is 0.478 e. The molecule has 1 atom stereocenters. The Morgan fingerprint density at radius 2 is 2.16 bits per heavy atom. The summed E-state index contributed by atoms with van der Waals surface area (Å²) in [5, 5.41) is 21.4. The van der Waals surface area contributed by atoms with Gasteiger partial charge in [-0.2, -0.15) is 0 Å². The van der Waals surface area contributed by atoms with Crippen LogP contribution in [0.3, 0.4) is 0 Å². The normalized spacial score (nSPS) is 13.1. The topological polar surface area (TPSA) is 82.5 Å². The standard InChI is InChI=1S/C13H19ClN2O3/c1-13(2,3)10(4-5-17)16-11-6-8(12(18)19)9(14)7-15-11/h6-7,10,17H,4-5H2,1-3H3,(H,15,16)(H,18,19). The molecule has 0 fully saturated rings. The van der Waals surface area contributed by atoms with Gasteiger partial charge < -0.3 is 15.5 Å². The van der Waals surface area contributed by atoms with Crippen molar-refractivity contribution in [3.05, 3.63) is 22.8 Å². The van der Waals surface area contributed by atoms with Gasteiger partial charge in [0.25, 0.3) is 0 Å². The van der Waals surface area contributed by atoms with E-state index in [2.05, 4.69) is 10.3 Å². The van der Waals surface area contributed by atoms with Crippen LogP contribution < -0.4 is 5.32 Å². The number of aromatic carboxylic acids is 1. The second-order valence-electron chi connectivity index (χ2n) is 5.43. The third-order valence-corrected chi connectivity index (χ3v) is 3.17. The Morgan fingerprint density at radius 1 is 1.53 bits per heavy atom. The van der Waals surface area contributed by atoms with Crippen LogP contribution in [0.25, 0.3) is 0 Å². The maximum Gasteiger partial charge on any atom is 0.337 e. The number of aromatic nitrogens is 1.